The van der Waals surface area contributed by atoms with Crippen LogP contribution in [0.15, 0.2) is 36.4 Å². The first-order chi connectivity index (χ1) is 15.1. The Morgan fingerprint density at radius 3 is 1.97 bits per heavy atom. The van der Waals surface area contributed by atoms with Crippen molar-refractivity contribution in [3.63, 3.8) is 0 Å². The van der Waals surface area contributed by atoms with Gasteiger partial charge in [0.1, 0.15) is 0 Å². The molecule has 0 spiro atoms. The molecule has 0 N–H and O–H groups in total. The van der Waals surface area contributed by atoms with Crippen molar-refractivity contribution in [2.24, 2.45) is 0 Å². The highest BCUT2D eigenvalue weighted by Crippen LogP contribution is 2.37. The van der Waals surface area contributed by atoms with Gasteiger partial charge in [-0.2, -0.15) is 26.3 Å². The van der Waals surface area contributed by atoms with Gasteiger partial charge in [0.15, 0.2) is 0 Å². The van der Waals surface area contributed by atoms with Crippen molar-refractivity contribution in [1.29, 1.82) is 0 Å². The Labute approximate surface area is 184 Å². The number of allylic oxidation sites excluding steroid dienone is 2. The van der Waals surface area contributed by atoms with Crippen molar-refractivity contribution in [3.05, 3.63) is 58.7 Å². The van der Waals surface area contributed by atoms with Crippen molar-refractivity contribution in [1.82, 2.24) is 4.90 Å². The molecule has 0 atom stereocenters. The maximum absolute atomic E-state index is 12.8. The fraction of sp³-hybridized carbons (Fsp3) is 0.440. The zero-order valence-corrected chi connectivity index (χ0v) is 18.0. The molecule has 0 fully saturated rings. The third-order valence-electron chi connectivity index (χ3n) is 5.81. The lowest BCUT2D eigenvalue weighted by Crippen LogP contribution is -2.48. The molecule has 1 aliphatic rings. The first kappa shape index (κ1) is 24.4. The lowest BCUT2D eigenvalue weighted by Gasteiger charge is -2.26. The summed E-state index contributed by atoms with van der Waals surface area (Å²) < 4.78 is 76.8. The maximum Gasteiger partial charge on any atom is 0.467 e. The Bertz CT molecular complexity index is 971. The molecule has 0 heterocycles. The maximum atomic E-state index is 12.8. The number of unbranched alkanes of at least 4 members (excludes halogenated alkanes) is 2. The van der Waals surface area contributed by atoms with E-state index in [0.717, 1.165) is 58.7 Å². The fourth-order valence-electron chi connectivity index (χ4n) is 4.33. The van der Waals surface area contributed by atoms with E-state index in [-0.39, 0.29) is 12.8 Å². The van der Waals surface area contributed by atoms with Crippen molar-refractivity contribution in [3.8, 4) is 0 Å². The molecule has 2 aromatic carbocycles. The highest BCUT2D eigenvalue weighted by Gasteiger charge is 2.53. The fourth-order valence-corrected chi connectivity index (χ4v) is 4.33. The van der Waals surface area contributed by atoms with Gasteiger partial charge in [-0.1, -0.05) is 61.9 Å². The first-order valence-corrected chi connectivity index (χ1v) is 10.9. The van der Waals surface area contributed by atoms with Gasteiger partial charge in [0, 0.05) is 6.54 Å². The smallest absolute Gasteiger partial charge is 0.155 e. The third-order valence-corrected chi connectivity index (χ3v) is 5.81. The minimum absolute atomic E-state index is 0.201. The molecule has 0 bridgehead atoms. The summed E-state index contributed by atoms with van der Waals surface area (Å²) in [5.41, 5.74) is 4.45. The molecule has 3 rings (SSSR count). The van der Waals surface area contributed by atoms with E-state index in [4.69, 9.17) is 0 Å². The van der Waals surface area contributed by atoms with Gasteiger partial charge < -0.3 is 0 Å². The second kappa shape index (κ2) is 10.1. The quantitative estimate of drug-likeness (QED) is 0.220. The minimum Gasteiger partial charge on any atom is -0.155 e. The van der Waals surface area contributed by atoms with Crippen molar-refractivity contribution >= 4 is 22.9 Å². The number of benzene rings is 2. The van der Waals surface area contributed by atoms with Gasteiger partial charge in [0.2, 0.25) is 0 Å². The topological polar surface area (TPSA) is 3.24 Å². The van der Waals surface area contributed by atoms with Crippen LogP contribution in [0.25, 0.3) is 22.9 Å². The Balaban J connectivity index is 1.93. The Morgan fingerprint density at radius 2 is 1.34 bits per heavy atom. The molecule has 1 nitrogen and oxygen atoms in total. The molecule has 0 saturated heterocycles. The zero-order valence-electron chi connectivity index (χ0n) is 18.0. The van der Waals surface area contributed by atoms with Crippen LogP contribution in [0, 0.1) is 0 Å². The zero-order chi connectivity index (χ0) is 23.4. The average molecular weight is 455 g/mol. The van der Waals surface area contributed by atoms with Gasteiger partial charge in [-0.25, -0.2) is 0 Å². The second-order valence-electron chi connectivity index (χ2n) is 8.02. The Morgan fingerprint density at radius 1 is 0.750 bits per heavy atom. The van der Waals surface area contributed by atoms with E-state index < -0.39 is 24.0 Å². The number of fused-ring (bicyclic) bond motifs is 3. The van der Waals surface area contributed by atoms with Gasteiger partial charge in [0.05, 0.1) is 0 Å². The standard InChI is InChI=1S/C25H27F6N/c1-2-3-11-18-19-12-5-4-6-13-20(19)21-14-7-8-15-22(21)23(18)16-9-10-17-32(24(26,27)28)25(29,30)31/h5-8,12-15H,2-4,9-11,16-17H2,1H3. The average Bonchev–Trinajstić information content (AvgIpc) is 2.97. The van der Waals surface area contributed by atoms with Crippen LogP contribution >= 0.6 is 0 Å². The van der Waals surface area contributed by atoms with Gasteiger partial charge in [0.25, 0.3) is 0 Å². The summed E-state index contributed by atoms with van der Waals surface area (Å²) >= 11 is 0. The number of nitrogens with zero attached hydrogens (tertiary/aromatic N) is 1. The monoisotopic (exact) mass is 455 g/mol. The van der Waals surface area contributed by atoms with Gasteiger partial charge in [-0.15, -0.1) is 4.90 Å². The van der Waals surface area contributed by atoms with E-state index in [2.05, 4.69) is 31.2 Å². The normalized spacial score (nSPS) is 14.2. The second-order valence-corrected chi connectivity index (χ2v) is 8.02. The Kier molecular flexibility index (Phi) is 7.70. The molecule has 174 valence electrons. The molecule has 0 aliphatic heterocycles. The molecule has 0 saturated carbocycles. The predicted octanol–water partition coefficient (Wildman–Crippen LogP) is 8.28. The molecule has 0 aromatic heterocycles. The third kappa shape index (κ3) is 5.55. The molecule has 2 aromatic rings. The largest absolute Gasteiger partial charge is 0.467 e. The SMILES string of the molecule is CCCCc1c2c(c3ccccc3c1CCCCN(C(F)(F)F)C(F)(F)F)C=CCC=C2. The molecular weight excluding hydrogens is 428 g/mol. The van der Waals surface area contributed by atoms with Crippen LogP contribution in [0.1, 0.15) is 61.3 Å². The molecule has 1 aliphatic carbocycles. The van der Waals surface area contributed by atoms with Gasteiger partial charge >= 0.3 is 12.6 Å². The number of hydrogen-bond acceptors (Lipinski definition) is 1. The van der Waals surface area contributed by atoms with E-state index in [1.807, 2.05) is 24.3 Å². The van der Waals surface area contributed by atoms with Crippen LogP contribution in [0.2, 0.25) is 0 Å². The van der Waals surface area contributed by atoms with Crippen LogP contribution in [-0.4, -0.2) is 24.0 Å². The number of aryl methyl sites for hydroxylation is 1. The number of rotatable bonds is 8. The van der Waals surface area contributed by atoms with E-state index >= 15 is 0 Å². The summed E-state index contributed by atoms with van der Waals surface area (Å²) in [4.78, 5) is -1.33. The lowest BCUT2D eigenvalue weighted by atomic mass is 9.85. The van der Waals surface area contributed by atoms with Gasteiger partial charge in [-0.05, 0) is 71.6 Å². The van der Waals surface area contributed by atoms with E-state index in [9.17, 15) is 26.3 Å². The lowest BCUT2D eigenvalue weighted by molar-refractivity contribution is -0.372. The van der Waals surface area contributed by atoms with Crippen molar-refractivity contribution in [2.75, 3.05) is 6.54 Å². The number of halogens is 6. The van der Waals surface area contributed by atoms with Gasteiger partial charge in [-0.3, -0.25) is 0 Å². The molecule has 0 amide bonds. The first-order valence-electron chi connectivity index (χ1n) is 10.9. The van der Waals surface area contributed by atoms with E-state index in [0.29, 0.717) is 6.42 Å². The molecule has 7 heteroatoms. The summed E-state index contributed by atoms with van der Waals surface area (Å²) in [6.07, 6.45) is 1.61. The van der Waals surface area contributed by atoms with Crippen LogP contribution < -0.4 is 0 Å². The number of alkyl halides is 6. The summed E-state index contributed by atoms with van der Waals surface area (Å²) in [5, 5.41) is 2.09. The highest BCUT2D eigenvalue weighted by molar-refractivity contribution is 5.98. The minimum atomic E-state index is -5.43. The molecular formula is C25H27F6N. The highest BCUT2D eigenvalue weighted by atomic mass is 19.4. The van der Waals surface area contributed by atoms with E-state index in [1.54, 1.807) is 0 Å². The summed E-state index contributed by atoms with van der Waals surface area (Å²) in [6, 6.07) is 7.90. The number of hydrogen-bond donors (Lipinski definition) is 0. The van der Waals surface area contributed by atoms with Crippen LogP contribution in [0.3, 0.4) is 0 Å². The van der Waals surface area contributed by atoms with Crippen LogP contribution in [-0.2, 0) is 12.8 Å². The van der Waals surface area contributed by atoms with Crippen LogP contribution in [0.5, 0.6) is 0 Å². The molecule has 32 heavy (non-hydrogen) atoms. The summed E-state index contributed by atoms with van der Waals surface area (Å²) in [5.74, 6) is 0. The van der Waals surface area contributed by atoms with E-state index in [1.165, 1.54) is 0 Å². The van der Waals surface area contributed by atoms with Crippen molar-refractivity contribution in [2.45, 2.75) is 64.5 Å². The van der Waals surface area contributed by atoms with Crippen LogP contribution in [0.4, 0.5) is 26.3 Å². The summed E-state index contributed by atoms with van der Waals surface area (Å²) in [6.45, 7) is 1.00. The van der Waals surface area contributed by atoms with Crippen molar-refractivity contribution < 1.29 is 26.3 Å². The Hall–Kier alpha value is -2.28. The summed E-state index contributed by atoms with van der Waals surface area (Å²) in [7, 11) is 0. The molecule has 0 radical (unpaired) electrons. The molecule has 0 unspecified atom stereocenters. The predicted molar refractivity (Wildman–Crippen MR) is 117 cm³/mol.